The van der Waals surface area contributed by atoms with Crippen molar-refractivity contribution >= 4 is 52.2 Å². The third-order valence-electron chi connectivity index (χ3n) is 10.4. The van der Waals surface area contributed by atoms with Gasteiger partial charge in [-0.15, -0.1) is 11.8 Å². The van der Waals surface area contributed by atoms with E-state index in [4.69, 9.17) is 9.47 Å². The second-order valence-corrected chi connectivity index (χ2v) is 15.3. The molecule has 2 saturated carbocycles. The molecule has 1 saturated heterocycles. The molecule has 8 rings (SSSR count). The van der Waals surface area contributed by atoms with Gasteiger partial charge in [0.25, 0.3) is 5.91 Å². The largest absolute Gasteiger partial charge is 0.493 e. The molecule has 2 aliphatic heterocycles. The van der Waals surface area contributed by atoms with E-state index in [1.54, 1.807) is 18.2 Å². The fourth-order valence-electron chi connectivity index (χ4n) is 8.44. The van der Waals surface area contributed by atoms with Gasteiger partial charge in [-0.1, -0.05) is 41.2 Å². The van der Waals surface area contributed by atoms with Gasteiger partial charge in [0.2, 0.25) is 11.8 Å². The first kappa shape index (κ1) is 32.6. The fourth-order valence-corrected chi connectivity index (χ4v) is 11.3. The van der Waals surface area contributed by atoms with E-state index in [1.807, 2.05) is 31.2 Å². The van der Waals surface area contributed by atoms with Crippen LogP contribution in [0.4, 0.5) is 24.5 Å². The van der Waals surface area contributed by atoms with Gasteiger partial charge in [-0.25, -0.2) is 0 Å². The van der Waals surface area contributed by atoms with E-state index in [-0.39, 0.29) is 52.0 Å². The van der Waals surface area contributed by atoms with Crippen molar-refractivity contribution in [1.29, 1.82) is 0 Å². The van der Waals surface area contributed by atoms with E-state index in [0.29, 0.717) is 28.6 Å². The second-order valence-electron chi connectivity index (χ2n) is 13.1. The van der Waals surface area contributed by atoms with Gasteiger partial charge in [0.05, 0.1) is 35.2 Å². The van der Waals surface area contributed by atoms with Crippen LogP contribution in [0.1, 0.15) is 33.9 Å². The number of thioether (sulfide) groups is 1. The zero-order valence-corrected chi connectivity index (χ0v) is 28.3. The second kappa shape index (κ2) is 12.0. The first-order valence-corrected chi connectivity index (χ1v) is 17.7. The van der Waals surface area contributed by atoms with E-state index < -0.39 is 35.4 Å². The minimum atomic E-state index is -4.63. The topological polar surface area (TPSA) is 118 Å². The number of halogens is 3. The smallest absolute Gasteiger partial charge is 0.416 e. The van der Waals surface area contributed by atoms with E-state index >= 15 is 0 Å². The molecule has 4 aliphatic rings. The predicted octanol–water partition coefficient (Wildman–Crippen LogP) is 6.47. The first-order chi connectivity index (χ1) is 23.9. The SMILES string of the molecule is COc1cc([C@H]2c3sc(=O)[nH]c3SC3C2[C@H]2C[C@@H]3C3C(=O)N(c4cccc(C(F)(F)F)c4)C(=O)C32)ccc1OCC(=O)Nc1ccc(C)cc1. The number of amides is 3. The van der Waals surface area contributed by atoms with Gasteiger partial charge in [-0.05, 0) is 79.1 Å². The number of methoxy groups -OCH3 is 1. The number of anilines is 2. The normalized spacial score (nSPS) is 26.4. The average Bonchev–Trinajstić information content (AvgIpc) is 3.83. The minimum absolute atomic E-state index is 0.0767. The summed E-state index contributed by atoms with van der Waals surface area (Å²) in [5, 5.41) is 3.40. The van der Waals surface area contributed by atoms with Gasteiger partial charge in [-0.3, -0.25) is 24.1 Å². The third-order valence-corrected chi connectivity index (χ3v) is 13.0. The Bertz CT molecular complexity index is 2100. The summed E-state index contributed by atoms with van der Waals surface area (Å²) in [6.07, 6.45) is -4.00. The number of fused-ring (bicyclic) bond motifs is 9. The molecule has 7 atom stereocenters. The summed E-state index contributed by atoms with van der Waals surface area (Å²) in [6.45, 7) is 1.69. The molecule has 2 aliphatic carbocycles. The Kier molecular flexibility index (Phi) is 7.86. The number of benzene rings is 3. The van der Waals surface area contributed by atoms with Crippen molar-refractivity contribution < 1.29 is 37.0 Å². The summed E-state index contributed by atoms with van der Waals surface area (Å²) in [7, 11) is 1.49. The molecular formula is C36H30F3N3O6S2. The van der Waals surface area contributed by atoms with E-state index in [0.717, 1.165) is 44.4 Å². The Morgan fingerprint density at radius 2 is 1.72 bits per heavy atom. The van der Waals surface area contributed by atoms with E-state index in [2.05, 4.69) is 10.3 Å². The molecular weight excluding hydrogens is 692 g/mol. The number of ether oxygens (including phenoxy) is 2. The summed E-state index contributed by atoms with van der Waals surface area (Å²) < 4.78 is 52.2. The van der Waals surface area contributed by atoms with Crippen LogP contribution in [0.15, 0.2) is 76.6 Å². The van der Waals surface area contributed by atoms with Crippen molar-refractivity contribution in [3.8, 4) is 11.5 Å². The van der Waals surface area contributed by atoms with Gasteiger partial charge in [0.1, 0.15) is 0 Å². The maximum atomic E-state index is 14.0. The number of thiazole rings is 1. The molecule has 14 heteroatoms. The number of hydrogen-bond acceptors (Lipinski definition) is 8. The zero-order valence-electron chi connectivity index (χ0n) is 26.7. The number of aryl methyl sites for hydroxylation is 1. The molecule has 0 spiro atoms. The highest BCUT2D eigenvalue weighted by atomic mass is 32.2. The molecule has 0 radical (unpaired) electrons. The lowest BCUT2D eigenvalue weighted by molar-refractivity contribution is -0.137. The van der Waals surface area contributed by atoms with Crippen molar-refractivity contribution in [2.24, 2.45) is 29.6 Å². The number of H-pyrrole nitrogens is 1. The van der Waals surface area contributed by atoms with E-state index in [9.17, 15) is 32.3 Å². The number of aromatic nitrogens is 1. The molecule has 3 heterocycles. The molecule has 1 aromatic heterocycles. The maximum Gasteiger partial charge on any atom is 0.416 e. The number of hydrogen-bond donors (Lipinski definition) is 2. The van der Waals surface area contributed by atoms with Crippen LogP contribution >= 0.6 is 23.1 Å². The molecule has 2 N–H and O–H groups in total. The van der Waals surface area contributed by atoms with Crippen molar-refractivity contribution in [2.45, 2.75) is 35.7 Å². The Labute approximate surface area is 292 Å². The van der Waals surface area contributed by atoms with Crippen molar-refractivity contribution in [2.75, 3.05) is 23.9 Å². The number of nitrogens with zero attached hydrogens (tertiary/aromatic N) is 1. The molecule has 3 amide bonds. The van der Waals surface area contributed by atoms with Crippen LogP contribution < -0.4 is 24.6 Å². The number of nitrogens with one attached hydrogen (secondary N) is 2. The molecule has 4 aromatic rings. The number of carbonyl (C=O) groups excluding carboxylic acids is 3. The molecule has 2 bridgehead atoms. The Morgan fingerprint density at radius 1 is 0.980 bits per heavy atom. The number of alkyl halides is 3. The maximum absolute atomic E-state index is 14.0. The van der Waals surface area contributed by atoms with Gasteiger partial charge in [0, 0.05) is 21.7 Å². The zero-order chi connectivity index (χ0) is 35.1. The van der Waals surface area contributed by atoms with Crippen LogP contribution in [0, 0.1) is 36.5 Å². The summed E-state index contributed by atoms with van der Waals surface area (Å²) in [4.78, 5) is 57.7. The van der Waals surface area contributed by atoms with Gasteiger partial charge in [0.15, 0.2) is 18.1 Å². The lowest BCUT2D eigenvalue weighted by Crippen LogP contribution is -2.42. The van der Waals surface area contributed by atoms with Crippen molar-refractivity contribution in [3.63, 3.8) is 0 Å². The lowest BCUT2D eigenvalue weighted by atomic mass is 9.68. The van der Waals surface area contributed by atoms with Gasteiger partial charge in [-0.2, -0.15) is 13.2 Å². The van der Waals surface area contributed by atoms with Crippen LogP contribution in [0.2, 0.25) is 0 Å². The Morgan fingerprint density at radius 3 is 2.44 bits per heavy atom. The van der Waals surface area contributed by atoms with Crippen molar-refractivity contribution in [1.82, 2.24) is 4.98 Å². The number of rotatable bonds is 7. The fraction of sp³-hybridized carbons (Fsp3) is 0.333. The van der Waals surface area contributed by atoms with Crippen LogP contribution in [0.25, 0.3) is 0 Å². The highest BCUT2D eigenvalue weighted by Gasteiger charge is 2.69. The number of imide groups is 1. The summed E-state index contributed by atoms with van der Waals surface area (Å²) in [5.74, 6) is -2.81. The standard InChI is InChI=1S/C36H30F3N3O6S2/c1-16-6-9-19(10-7-16)40-25(43)15-48-23-11-8-17(12-24(23)47-2)26-27-21-14-22(30(27)49-32-31(26)50-35(46)41-32)29-28(21)33(44)42(34(29)45)20-5-3-4-18(13-20)36(37,38)39/h3-13,21-22,26-30H,14-15H2,1-2H3,(H,40,43)(H,41,46)/t21-,22-,26-,27?,28?,29?,30?/m1/s1. The lowest BCUT2D eigenvalue weighted by Gasteiger charge is -2.43. The predicted molar refractivity (Wildman–Crippen MR) is 181 cm³/mol. The minimum Gasteiger partial charge on any atom is -0.493 e. The van der Waals surface area contributed by atoms with Crippen LogP contribution in [0.5, 0.6) is 11.5 Å². The van der Waals surface area contributed by atoms with E-state index in [1.165, 1.54) is 31.0 Å². The van der Waals surface area contributed by atoms with Crippen LogP contribution in [0.3, 0.4) is 0 Å². The summed E-state index contributed by atoms with van der Waals surface area (Å²) in [5.41, 5.74) is 1.53. The molecule has 4 unspecified atom stereocenters. The highest BCUT2D eigenvalue weighted by Crippen LogP contribution is 2.69. The number of carbonyl (C=O) groups is 3. The molecule has 9 nitrogen and oxygen atoms in total. The molecule has 50 heavy (non-hydrogen) atoms. The van der Waals surface area contributed by atoms with Gasteiger partial charge >= 0.3 is 11.0 Å². The van der Waals surface area contributed by atoms with Crippen molar-refractivity contribution in [3.05, 3.63) is 98.0 Å². The number of aromatic amines is 1. The summed E-state index contributed by atoms with van der Waals surface area (Å²) in [6, 6.07) is 17.1. The molecule has 3 aromatic carbocycles. The Balaban J connectivity index is 1.09. The molecule has 258 valence electrons. The Hall–Kier alpha value is -4.56. The monoisotopic (exact) mass is 721 g/mol. The van der Waals surface area contributed by atoms with Gasteiger partial charge < -0.3 is 19.8 Å². The molecule has 3 fully saturated rings. The summed E-state index contributed by atoms with van der Waals surface area (Å²) >= 11 is 2.62. The highest BCUT2D eigenvalue weighted by molar-refractivity contribution is 8.00. The van der Waals surface area contributed by atoms with Crippen LogP contribution in [-0.2, 0) is 20.6 Å². The average molecular weight is 722 g/mol. The first-order valence-electron chi connectivity index (χ1n) is 16.0. The van der Waals surface area contributed by atoms with Crippen LogP contribution in [-0.4, -0.2) is 41.7 Å². The third kappa shape index (κ3) is 5.31. The quantitative estimate of drug-likeness (QED) is 0.210.